The summed E-state index contributed by atoms with van der Waals surface area (Å²) in [6.07, 6.45) is 0.957. The summed E-state index contributed by atoms with van der Waals surface area (Å²) >= 11 is 5.92. The van der Waals surface area contributed by atoms with E-state index in [1.807, 2.05) is 30.3 Å². The van der Waals surface area contributed by atoms with Crippen molar-refractivity contribution in [3.05, 3.63) is 64.8 Å². The maximum atomic E-state index is 10.5. The summed E-state index contributed by atoms with van der Waals surface area (Å²) in [4.78, 5) is 9.03. The smallest absolute Gasteiger partial charge is 0.159 e. The van der Waals surface area contributed by atoms with Crippen molar-refractivity contribution in [2.75, 3.05) is 7.11 Å². The van der Waals surface area contributed by atoms with Gasteiger partial charge in [0.05, 0.1) is 12.8 Å². The van der Waals surface area contributed by atoms with Crippen LogP contribution in [0.2, 0.25) is 5.02 Å². The van der Waals surface area contributed by atoms with Gasteiger partial charge < -0.3 is 9.84 Å². The van der Waals surface area contributed by atoms with Crippen LogP contribution in [0.25, 0.3) is 22.6 Å². The Bertz CT molecular complexity index is 894. The molecule has 4 nitrogen and oxygen atoms in total. The predicted octanol–water partition coefficient (Wildman–Crippen LogP) is 3.87. The molecule has 0 radical (unpaired) electrons. The highest BCUT2D eigenvalue weighted by atomic mass is 35.5. The van der Waals surface area contributed by atoms with Crippen molar-refractivity contribution in [1.29, 1.82) is 0 Å². The number of aliphatic hydroxyl groups is 1. The summed E-state index contributed by atoms with van der Waals surface area (Å²) in [6.45, 7) is 0. The SMILES string of the molecule is COc1ccc2c(c1)C(O)c1cnc(-c3ccc(Cl)cc3)nc1-2. The van der Waals surface area contributed by atoms with Gasteiger partial charge in [-0.25, -0.2) is 9.97 Å². The van der Waals surface area contributed by atoms with Gasteiger partial charge in [-0.3, -0.25) is 0 Å². The van der Waals surface area contributed by atoms with Gasteiger partial charge in [0.2, 0.25) is 0 Å². The number of benzene rings is 2. The molecule has 0 amide bonds. The van der Waals surface area contributed by atoms with Gasteiger partial charge in [-0.15, -0.1) is 0 Å². The number of halogens is 1. The maximum absolute atomic E-state index is 10.5. The molecule has 1 aliphatic carbocycles. The number of aromatic nitrogens is 2. The fraction of sp³-hybridized carbons (Fsp3) is 0.111. The molecule has 3 aromatic rings. The number of fused-ring (bicyclic) bond motifs is 3. The first-order valence-electron chi connectivity index (χ1n) is 7.16. The number of hydrogen-bond acceptors (Lipinski definition) is 4. The quantitative estimate of drug-likeness (QED) is 0.777. The van der Waals surface area contributed by atoms with E-state index in [1.54, 1.807) is 25.4 Å². The molecule has 0 fully saturated rings. The number of ether oxygens (including phenoxy) is 1. The Hall–Kier alpha value is -2.43. The molecule has 0 saturated heterocycles. The number of methoxy groups -OCH3 is 1. The standard InChI is InChI=1S/C18H13ClN2O2/c1-23-12-6-7-13-14(8-12)17(22)15-9-20-18(21-16(13)15)10-2-4-11(19)5-3-10/h2-9,17,22H,1H3. The minimum Gasteiger partial charge on any atom is -0.497 e. The van der Waals surface area contributed by atoms with E-state index in [0.29, 0.717) is 22.2 Å². The molecule has 2 aromatic carbocycles. The van der Waals surface area contributed by atoms with E-state index in [9.17, 15) is 5.11 Å². The minimum atomic E-state index is -0.727. The van der Waals surface area contributed by atoms with Gasteiger partial charge in [0.25, 0.3) is 0 Å². The van der Waals surface area contributed by atoms with E-state index < -0.39 is 6.10 Å². The topological polar surface area (TPSA) is 55.2 Å². The van der Waals surface area contributed by atoms with Crippen molar-refractivity contribution in [2.24, 2.45) is 0 Å². The van der Waals surface area contributed by atoms with Crippen molar-refractivity contribution in [3.63, 3.8) is 0 Å². The molecule has 4 rings (SSSR count). The lowest BCUT2D eigenvalue weighted by atomic mass is 10.1. The van der Waals surface area contributed by atoms with E-state index in [2.05, 4.69) is 9.97 Å². The Morgan fingerprint density at radius 1 is 1.09 bits per heavy atom. The van der Waals surface area contributed by atoms with E-state index >= 15 is 0 Å². The molecular weight excluding hydrogens is 312 g/mol. The third kappa shape index (κ3) is 2.27. The second kappa shape index (κ2) is 5.33. The zero-order valence-corrected chi connectivity index (χ0v) is 13.1. The van der Waals surface area contributed by atoms with E-state index in [0.717, 1.165) is 22.4 Å². The van der Waals surface area contributed by atoms with Crippen molar-refractivity contribution < 1.29 is 9.84 Å². The number of hydrogen-bond donors (Lipinski definition) is 1. The largest absolute Gasteiger partial charge is 0.497 e. The normalized spacial score (nSPS) is 15.2. The third-order valence-corrected chi connectivity index (χ3v) is 4.27. The summed E-state index contributed by atoms with van der Waals surface area (Å²) in [7, 11) is 1.61. The van der Waals surface area contributed by atoms with Crippen LogP contribution in [0.3, 0.4) is 0 Å². The molecule has 0 spiro atoms. The molecule has 114 valence electrons. The van der Waals surface area contributed by atoms with Crippen molar-refractivity contribution in [2.45, 2.75) is 6.10 Å². The molecule has 1 aliphatic rings. The highest BCUT2D eigenvalue weighted by molar-refractivity contribution is 6.30. The van der Waals surface area contributed by atoms with Crippen LogP contribution in [0, 0.1) is 0 Å². The fourth-order valence-corrected chi connectivity index (χ4v) is 2.95. The van der Waals surface area contributed by atoms with Crippen LogP contribution in [0.1, 0.15) is 17.2 Å². The molecule has 1 N–H and O–H groups in total. The molecule has 1 atom stereocenters. The Kier molecular flexibility index (Phi) is 3.29. The van der Waals surface area contributed by atoms with Crippen LogP contribution in [0.5, 0.6) is 5.75 Å². The predicted molar refractivity (Wildman–Crippen MR) is 88.5 cm³/mol. The molecule has 5 heteroatoms. The lowest BCUT2D eigenvalue weighted by Crippen LogP contribution is -1.97. The van der Waals surface area contributed by atoms with Gasteiger partial charge in [0, 0.05) is 27.9 Å². The average Bonchev–Trinajstić information content (AvgIpc) is 2.87. The zero-order chi connectivity index (χ0) is 16.0. The maximum Gasteiger partial charge on any atom is 0.159 e. The highest BCUT2D eigenvalue weighted by Gasteiger charge is 2.29. The van der Waals surface area contributed by atoms with Crippen molar-refractivity contribution in [1.82, 2.24) is 9.97 Å². The van der Waals surface area contributed by atoms with Crippen LogP contribution >= 0.6 is 11.6 Å². The van der Waals surface area contributed by atoms with Crippen LogP contribution in [0.4, 0.5) is 0 Å². The van der Waals surface area contributed by atoms with Crippen molar-refractivity contribution in [3.8, 4) is 28.4 Å². The first kappa shape index (κ1) is 14.2. The minimum absolute atomic E-state index is 0.608. The van der Waals surface area contributed by atoms with E-state index in [4.69, 9.17) is 16.3 Å². The Morgan fingerprint density at radius 3 is 2.61 bits per heavy atom. The molecule has 1 heterocycles. The van der Waals surface area contributed by atoms with Crippen LogP contribution in [0.15, 0.2) is 48.7 Å². The van der Waals surface area contributed by atoms with Gasteiger partial charge in [-0.1, -0.05) is 11.6 Å². The first-order chi connectivity index (χ1) is 11.2. The van der Waals surface area contributed by atoms with E-state index in [-0.39, 0.29) is 0 Å². The molecule has 0 saturated carbocycles. The lowest BCUT2D eigenvalue weighted by Gasteiger charge is -2.06. The second-order valence-corrected chi connectivity index (χ2v) is 5.80. The van der Waals surface area contributed by atoms with Gasteiger partial charge in [-0.2, -0.15) is 0 Å². The molecule has 1 aromatic heterocycles. The summed E-state index contributed by atoms with van der Waals surface area (Å²) in [5.74, 6) is 1.32. The van der Waals surface area contributed by atoms with Crippen molar-refractivity contribution >= 4 is 11.6 Å². The van der Waals surface area contributed by atoms with Gasteiger partial charge in [0.1, 0.15) is 11.9 Å². The van der Waals surface area contributed by atoms with Gasteiger partial charge in [-0.05, 0) is 48.0 Å². The van der Waals surface area contributed by atoms with Gasteiger partial charge >= 0.3 is 0 Å². The molecule has 1 unspecified atom stereocenters. The molecular formula is C18H13ClN2O2. The number of aliphatic hydroxyl groups excluding tert-OH is 1. The summed E-state index contributed by atoms with van der Waals surface area (Å²) in [5.41, 5.74) is 4.06. The summed E-state index contributed by atoms with van der Waals surface area (Å²) in [6, 6.07) is 13.0. The average molecular weight is 325 g/mol. The van der Waals surface area contributed by atoms with Crippen LogP contribution in [-0.4, -0.2) is 22.2 Å². The van der Waals surface area contributed by atoms with Crippen LogP contribution < -0.4 is 4.74 Å². The third-order valence-electron chi connectivity index (χ3n) is 4.02. The Morgan fingerprint density at radius 2 is 1.87 bits per heavy atom. The summed E-state index contributed by atoms with van der Waals surface area (Å²) < 4.78 is 5.23. The first-order valence-corrected chi connectivity index (χ1v) is 7.54. The fourth-order valence-electron chi connectivity index (χ4n) is 2.82. The zero-order valence-electron chi connectivity index (χ0n) is 12.3. The monoisotopic (exact) mass is 324 g/mol. The number of rotatable bonds is 2. The van der Waals surface area contributed by atoms with Gasteiger partial charge in [0.15, 0.2) is 5.82 Å². The lowest BCUT2D eigenvalue weighted by molar-refractivity contribution is 0.224. The molecule has 23 heavy (non-hydrogen) atoms. The molecule has 0 bridgehead atoms. The second-order valence-electron chi connectivity index (χ2n) is 5.36. The number of nitrogens with zero attached hydrogens (tertiary/aromatic N) is 2. The van der Waals surface area contributed by atoms with E-state index in [1.165, 1.54) is 0 Å². The highest BCUT2D eigenvalue weighted by Crippen LogP contribution is 2.43. The Labute approximate surface area is 138 Å². The summed E-state index contributed by atoms with van der Waals surface area (Å²) in [5, 5.41) is 11.2. The van der Waals surface area contributed by atoms with Crippen LogP contribution in [-0.2, 0) is 0 Å². The Balaban J connectivity index is 1.85. The molecule has 0 aliphatic heterocycles.